The zero-order valence-electron chi connectivity index (χ0n) is 16.8. The lowest BCUT2D eigenvalue weighted by Crippen LogP contribution is -2.23. The van der Waals surface area contributed by atoms with Crippen molar-refractivity contribution in [2.75, 3.05) is 12.4 Å². The van der Waals surface area contributed by atoms with Crippen molar-refractivity contribution in [3.63, 3.8) is 0 Å². The summed E-state index contributed by atoms with van der Waals surface area (Å²) >= 11 is 6.67. The number of rotatable bonds is 7. The Morgan fingerprint density at radius 3 is 2.69 bits per heavy atom. The highest BCUT2D eigenvalue weighted by Crippen LogP contribution is 2.35. The van der Waals surface area contributed by atoms with Crippen molar-refractivity contribution in [2.45, 2.75) is 31.8 Å². The van der Waals surface area contributed by atoms with E-state index in [-0.39, 0.29) is 11.2 Å². The van der Waals surface area contributed by atoms with Crippen molar-refractivity contribution in [1.29, 1.82) is 0 Å². The smallest absolute Gasteiger partial charge is 0.237 e. The topological polar surface area (TPSA) is 51.2 Å². The lowest BCUT2D eigenvalue weighted by Gasteiger charge is -2.15. The molecule has 0 spiro atoms. The Labute approximate surface area is 188 Å². The number of halogens is 1. The van der Waals surface area contributed by atoms with Crippen molar-refractivity contribution in [3.05, 3.63) is 63.1 Å². The van der Waals surface area contributed by atoms with Crippen molar-refractivity contribution in [3.8, 4) is 16.3 Å². The van der Waals surface area contributed by atoms with E-state index in [1.807, 2.05) is 62.5 Å². The van der Waals surface area contributed by atoms with Crippen LogP contribution >= 0.6 is 39.0 Å². The maximum Gasteiger partial charge on any atom is 0.237 e. The molecule has 2 aromatic carbocycles. The molecule has 0 fully saturated rings. The first-order chi connectivity index (χ1) is 13.9. The van der Waals surface area contributed by atoms with Crippen molar-refractivity contribution >= 4 is 50.6 Å². The molecule has 0 saturated heterocycles. The van der Waals surface area contributed by atoms with E-state index in [9.17, 15) is 4.79 Å². The number of nitrogens with zero attached hydrogens (tertiary/aromatic N) is 1. The first-order valence-electron chi connectivity index (χ1n) is 9.16. The number of carbonyl (C=O) groups excluding carboxylic acids is 1. The summed E-state index contributed by atoms with van der Waals surface area (Å²) in [5, 5.41) is 5.84. The van der Waals surface area contributed by atoms with Gasteiger partial charge in [-0.2, -0.15) is 0 Å². The number of aryl methyl sites for hydroxylation is 2. The number of benzene rings is 2. The fraction of sp³-hybridized carbons (Fsp3) is 0.273. The van der Waals surface area contributed by atoms with E-state index in [1.165, 1.54) is 0 Å². The van der Waals surface area contributed by atoms with Gasteiger partial charge in [-0.15, -0.1) is 23.1 Å². The largest absolute Gasteiger partial charge is 0.496 e. The Hall–Kier alpha value is -1.83. The lowest BCUT2D eigenvalue weighted by molar-refractivity contribution is -0.115. The van der Waals surface area contributed by atoms with Gasteiger partial charge < -0.3 is 10.1 Å². The van der Waals surface area contributed by atoms with Crippen LogP contribution < -0.4 is 10.1 Å². The van der Waals surface area contributed by atoms with Gasteiger partial charge >= 0.3 is 0 Å². The number of hydrogen-bond donors (Lipinski definition) is 1. The molecule has 0 aliphatic rings. The number of hydrogen-bond acceptors (Lipinski definition) is 5. The Bertz CT molecular complexity index is 1000. The quantitative estimate of drug-likeness (QED) is 0.412. The Balaban J connectivity index is 1.64. The number of aromatic nitrogens is 1. The van der Waals surface area contributed by atoms with Crippen LogP contribution in [0.25, 0.3) is 10.6 Å². The Kier molecular flexibility index (Phi) is 7.38. The maximum absolute atomic E-state index is 12.6. The van der Waals surface area contributed by atoms with Gasteiger partial charge in [0.15, 0.2) is 0 Å². The van der Waals surface area contributed by atoms with Crippen LogP contribution in [-0.2, 0) is 10.5 Å². The minimum atomic E-state index is -0.181. The highest BCUT2D eigenvalue weighted by atomic mass is 79.9. The predicted octanol–water partition coefficient (Wildman–Crippen LogP) is 6.46. The second-order valence-corrected chi connectivity index (χ2v) is 9.80. The molecule has 0 radical (unpaired) electrons. The normalized spacial score (nSPS) is 11.9. The van der Waals surface area contributed by atoms with E-state index in [0.717, 1.165) is 43.3 Å². The van der Waals surface area contributed by atoms with Crippen LogP contribution in [0.1, 0.15) is 23.7 Å². The molecule has 3 aromatic rings. The molecule has 4 nitrogen and oxygen atoms in total. The van der Waals surface area contributed by atoms with Gasteiger partial charge in [-0.1, -0.05) is 34.1 Å². The summed E-state index contributed by atoms with van der Waals surface area (Å²) in [5.41, 5.74) is 4.97. The van der Waals surface area contributed by atoms with Gasteiger partial charge in [-0.05, 0) is 50.1 Å². The van der Waals surface area contributed by atoms with Crippen LogP contribution in [0.4, 0.5) is 5.69 Å². The van der Waals surface area contributed by atoms with Gasteiger partial charge in [-0.3, -0.25) is 4.79 Å². The highest BCUT2D eigenvalue weighted by Gasteiger charge is 2.17. The molecular weight excluding hydrogens is 468 g/mol. The third kappa shape index (κ3) is 5.41. The molecule has 1 atom stereocenters. The summed E-state index contributed by atoms with van der Waals surface area (Å²) in [6, 6.07) is 11.9. The van der Waals surface area contributed by atoms with Gasteiger partial charge in [0.1, 0.15) is 10.8 Å². The number of amides is 1. The second-order valence-electron chi connectivity index (χ2n) is 6.70. The summed E-state index contributed by atoms with van der Waals surface area (Å²) in [5.74, 6) is 1.48. The van der Waals surface area contributed by atoms with E-state index >= 15 is 0 Å². The zero-order valence-corrected chi connectivity index (χ0v) is 20.0. The van der Waals surface area contributed by atoms with Crippen molar-refractivity contribution < 1.29 is 9.53 Å². The summed E-state index contributed by atoms with van der Waals surface area (Å²) in [4.78, 5) is 17.4. The number of nitrogens with one attached hydrogen (secondary N) is 1. The van der Waals surface area contributed by atoms with Crippen molar-refractivity contribution in [2.24, 2.45) is 0 Å². The zero-order chi connectivity index (χ0) is 21.0. The standard InChI is InChI=1S/C22H23BrN2O2S2/c1-13-6-5-7-14(2)20(13)25-21(26)15(3)28-11-17-12-29-22(24-17)18-10-16(23)8-9-19(18)27-4/h5-10,12,15H,11H2,1-4H3,(H,25,26)/t15-/m0/s1. The van der Waals surface area contributed by atoms with Gasteiger partial charge in [0.2, 0.25) is 5.91 Å². The first-order valence-corrected chi connectivity index (χ1v) is 11.9. The summed E-state index contributed by atoms with van der Waals surface area (Å²) in [6.45, 7) is 5.94. The second kappa shape index (κ2) is 9.78. The first kappa shape index (κ1) is 21.9. The lowest BCUT2D eigenvalue weighted by atomic mass is 10.1. The SMILES string of the molecule is COc1ccc(Br)cc1-c1nc(CS[C@@H](C)C(=O)Nc2c(C)cccc2C)cs1. The van der Waals surface area contributed by atoms with Crippen LogP contribution in [0.3, 0.4) is 0 Å². The molecule has 0 unspecified atom stereocenters. The minimum absolute atomic E-state index is 0.0107. The number of carbonyl (C=O) groups is 1. The minimum Gasteiger partial charge on any atom is -0.496 e. The van der Waals surface area contributed by atoms with Crippen LogP contribution in [0.5, 0.6) is 5.75 Å². The fourth-order valence-corrected chi connectivity index (χ4v) is 4.95. The monoisotopic (exact) mass is 490 g/mol. The number of thioether (sulfide) groups is 1. The predicted molar refractivity (Wildman–Crippen MR) is 127 cm³/mol. The van der Waals surface area contributed by atoms with Crippen LogP contribution in [0, 0.1) is 13.8 Å². The van der Waals surface area contributed by atoms with Crippen LogP contribution in [-0.4, -0.2) is 23.3 Å². The number of thiazole rings is 1. The number of anilines is 1. The molecule has 0 bridgehead atoms. The molecule has 152 valence electrons. The third-order valence-corrected chi connectivity index (χ3v) is 7.12. The van der Waals surface area contributed by atoms with Gasteiger partial charge in [-0.25, -0.2) is 4.98 Å². The molecule has 7 heteroatoms. The Morgan fingerprint density at radius 1 is 1.28 bits per heavy atom. The summed E-state index contributed by atoms with van der Waals surface area (Å²) in [6.07, 6.45) is 0. The van der Waals surface area contributed by atoms with Gasteiger partial charge in [0.05, 0.1) is 23.6 Å². The number of ether oxygens (including phenoxy) is 1. The van der Waals surface area contributed by atoms with E-state index < -0.39 is 0 Å². The van der Waals surface area contributed by atoms with E-state index in [2.05, 4.69) is 21.2 Å². The highest BCUT2D eigenvalue weighted by molar-refractivity contribution is 9.10. The van der Waals surface area contributed by atoms with Gasteiger partial charge in [0, 0.05) is 21.3 Å². The maximum atomic E-state index is 12.6. The third-order valence-electron chi connectivity index (χ3n) is 4.52. The molecule has 1 amide bonds. The Morgan fingerprint density at radius 2 is 2.00 bits per heavy atom. The van der Waals surface area contributed by atoms with E-state index in [4.69, 9.17) is 9.72 Å². The van der Waals surface area contributed by atoms with E-state index in [1.54, 1.807) is 30.2 Å². The number of para-hydroxylation sites is 1. The molecule has 0 saturated carbocycles. The van der Waals surface area contributed by atoms with Crippen molar-refractivity contribution in [1.82, 2.24) is 4.98 Å². The average molecular weight is 491 g/mol. The molecule has 1 heterocycles. The van der Waals surface area contributed by atoms with Gasteiger partial charge in [0.25, 0.3) is 0 Å². The summed E-state index contributed by atoms with van der Waals surface area (Å²) in [7, 11) is 1.66. The fourth-order valence-electron chi connectivity index (χ4n) is 2.87. The molecule has 3 rings (SSSR count). The summed E-state index contributed by atoms with van der Waals surface area (Å²) < 4.78 is 6.44. The molecule has 29 heavy (non-hydrogen) atoms. The molecule has 1 aromatic heterocycles. The molecule has 0 aliphatic carbocycles. The molecule has 0 aliphatic heterocycles. The molecule has 1 N–H and O–H groups in total. The number of methoxy groups -OCH3 is 1. The molecular formula is C22H23BrN2O2S2. The van der Waals surface area contributed by atoms with E-state index in [0.29, 0.717) is 5.75 Å². The van der Waals surface area contributed by atoms with Crippen LogP contribution in [0.15, 0.2) is 46.3 Å². The van der Waals surface area contributed by atoms with Crippen LogP contribution in [0.2, 0.25) is 0 Å². The average Bonchev–Trinajstić information content (AvgIpc) is 3.17.